The Morgan fingerprint density at radius 2 is 1.41 bits per heavy atom. The van der Waals surface area contributed by atoms with Crippen molar-refractivity contribution in [2.45, 2.75) is 114 Å². The number of rotatable bonds is 19. The van der Waals surface area contributed by atoms with E-state index in [1.807, 2.05) is 30.3 Å². The van der Waals surface area contributed by atoms with Crippen molar-refractivity contribution in [3.63, 3.8) is 0 Å². The highest BCUT2D eigenvalue weighted by Crippen LogP contribution is 2.57. The summed E-state index contributed by atoms with van der Waals surface area (Å²) in [6.45, 7) is 27.9. The minimum atomic E-state index is 0.249. The summed E-state index contributed by atoms with van der Waals surface area (Å²) in [5.41, 5.74) is 4.85. The Morgan fingerprint density at radius 3 is 2.05 bits per heavy atom. The van der Waals surface area contributed by atoms with E-state index in [9.17, 15) is 0 Å². The molecule has 1 saturated carbocycles. The van der Waals surface area contributed by atoms with Crippen LogP contribution in [0.5, 0.6) is 5.75 Å². The molecule has 44 heavy (non-hydrogen) atoms. The smallest absolute Gasteiger partial charge is 0.119 e. The van der Waals surface area contributed by atoms with E-state index in [2.05, 4.69) is 110 Å². The molecule has 4 nitrogen and oxygen atoms in total. The van der Waals surface area contributed by atoms with E-state index in [1.165, 1.54) is 29.6 Å². The molecule has 4 heteroatoms. The monoisotopic (exact) mass is 609 g/mol. The van der Waals surface area contributed by atoms with Crippen LogP contribution < -0.4 is 15.4 Å². The van der Waals surface area contributed by atoms with Gasteiger partial charge in [-0.3, -0.25) is 0 Å². The fourth-order valence-corrected chi connectivity index (χ4v) is 5.67. The third-order valence-electron chi connectivity index (χ3n) is 9.37. The average Bonchev–Trinajstić information content (AvgIpc) is 3.14. The zero-order valence-corrected chi connectivity index (χ0v) is 30.2. The Balaban J connectivity index is 0.000000447. The minimum absolute atomic E-state index is 0.249. The van der Waals surface area contributed by atoms with Crippen molar-refractivity contribution in [1.29, 1.82) is 0 Å². The standard InChI is InChI=1S/C22H41NO.C18H27NO/c1-8-19-17-20(22(6,7)21(19,4)5)24-16-15-23-14-12-10-9-11-13-18(2)3;1-16(2)8-7-9-17(3)12-13-19-14-15-20-18-10-5-4-6-11-18/h10,12-13,19-20,23H,8-9,11,14-17H2,1-7H3;4-6,8,10-12,19H,7,9,13-15H2,1-3H3/b12-10+;17-12+. The first-order chi connectivity index (χ1) is 20.9. The molecule has 1 fully saturated rings. The highest BCUT2D eigenvalue weighted by Gasteiger charge is 2.54. The molecule has 2 atom stereocenters. The molecule has 2 unspecified atom stereocenters. The van der Waals surface area contributed by atoms with E-state index in [-0.39, 0.29) is 5.41 Å². The predicted molar refractivity (Wildman–Crippen MR) is 194 cm³/mol. The molecule has 0 amide bonds. The lowest BCUT2D eigenvalue weighted by Gasteiger charge is -2.41. The summed E-state index contributed by atoms with van der Waals surface area (Å²) in [5, 5.41) is 6.82. The Labute approximate surface area is 272 Å². The highest BCUT2D eigenvalue weighted by atomic mass is 16.5. The van der Waals surface area contributed by atoms with E-state index in [4.69, 9.17) is 9.47 Å². The number of benzene rings is 1. The van der Waals surface area contributed by atoms with Gasteiger partial charge in [-0.2, -0.15) is 0 Å². The molecule has 0 spiro atoms. The topological polar surface area (TPSA) is 42.5 Å². The molecule has 1 aromatic rings. The molecule has 0 aliphatic heterocycles. The van der Waals surface area contributed by atoms with Crippen molar-refractivity contribution >= 4 is 0 Å². The molecular formula is C40H68N2O2. The molecule has 0 heterocycles. The maximum atomic E-state index is 6.26. The van der Waals surface area contributed by atoms with Crippen LogP contribution in [0.25, 0.3) is 0 Å². The SMILES string of the molecule is CC(C)=CCC/C(C)=C/CNCCOc1ccccc1.CCC1CC(OCCNC/C=C/CCC=C(C)C)C(C)(C)C1(C)C. The second-order valence-corrected chi connectivity index (χ2v) is 13.9. The van der Waals surface area contributed by atoms with E-state index < -0.39 is 0 Å². The summed E-state index contributed by atoms with van der Waals surface area (Å²) in [6.07, 6.45) is 18.8. The number of unbranched alkanes of at least 4 members (excludes halogenated alkanes) is 1. The first kappa shape index (κ1) is 39.9. The first-order valence-electron chi connectivity index (χ1n) is 17.2. The second kappa shape index (κ2) is 22.4. The van der Waals surface area contributed by atoms with E-state index in [0.717, 1.165) is 70.1 Å². The molecular weight excluding hydrogens is 540 g/mol. The zero-order chi connectivity index (χ0) is 32.8. The maximum absolute atomic E-state index is 6.26. The van der Waals surface area contributed by atoms with Gasteiger partial charge >= 0.3 is 0 Å². The zero-order valence-electron chi connectivity index (χ0n) is 30.2. The molecule has 0 bridgehead atoms. The largest absolute Gasteiger partial charge is 0.492 e. The summed E-state index contributed by atoms with van der Waals surface area (Å²) < 4.78 is 11.9. The molecule has 0 aromatic heterocycles. The summed E-state index contributed by atoms with van der Waals surface area (Å²) in [5.74, 6) is 1.71. The van der Waals surface area contributed by atoms with Gasteiger partial charge in [-0.15, -0.1) is 0 Å². The molecule has 0 radical (unpaired) electrons. The number of para-hydroxylation sites is 1. The van der Waals surface area contributed by atoms with Crippen molar-refractivity contribution in [1.82, 2.24) is 10.6 Å². The summed E-state index contributed by atoms with van der Waals surface area (Å²) in [4.78, 5) is 0. The predicted octanol–water partition coefficient (Wildman–Crippen LogP) is 10.1. The van der Waals surface area contributed by atoms with Crippen molar-refractivity contribution in [2.24, 2.45) is 16.7 Å². The highest BCUT2D eigenvalue weighted by molar-refractivity contribution is 5.20. The van der Waals surface area contributed by atoms with Crippen molar-refractivity contribution < 1.29 is 9.47 Å². The van der Waals surface area contributed by atoms with Crippen molar-refractivity contribution in [3.8, 4) is 5.75 Å². The third kappa shape index (κ3) is 16.3. The van der Waals surface area contributed by atoms with Crippen molar-refractivity contribution in [2.75, 3.05) is 39.4 Å². The van der Waals surface area contributed by atoms with Crippen LogP contribution in [-0.2, 0) is 4.74 Å². The van der Waals surface area contributed by atoms with Gasteiger partial charge in [0.05, 0.1) is 12.7 Å². The molecule has 0 saturated heterocycles. The van der Waals surface area contributed by atoms with Gasteiger partial charge < -0.3 is 20.1 Å². The number of allylic oxidation sites excluding steroid dienone is 6. The average molecular weight is 609 g/mol. The molecule has 2 rings (SSSR count). The third-order valence-corrected chi connectivity index (χ3v) is 9.37. The van der Waals surface area contributed by atoms with Gasteiger partial charge in [-0.25, -0.2) is 0 Å². The molecule has 1 aliphatic rings. The fraction of sp³-hybridized carbons (Fsp3) is 0.650. The van der Waals surface area contributed by atoms with Gasteiger partial charge in [-0.1, -0.05) is 106 Å². The molecule has 2 N–H and O–H groups in total. The quantitative estimate of drug-likeness (QED) is 0.121. The van der Waals surface area contributed by atoms with Crippen LogP contribution in [0.3, 0.4) is 0 Å². The molecule has 1 aromatic carbocycles. The number of hydrogen-bond donors (Lipinski definition) is 2. The van der Waals surface area contributed by atoms with Crippen LogP contribution in [0.1, 0.15) is 108 Å². The van der Waals surface area contributed by atoms with Crippen molar-refractivity contribution in [3.05, 3.63) is 77.4 Å². The first-order valence-corrected chi connectivity index (χ1v) is 17.2. The second-order valence-electron chi connectivity index (χ2n) is 13.9. The summed E-state index contributed by atoms with van der Waals surface area (Å²) in [7, 11) is 0. The molecule has 1 aliphatic carbocycles. The lowest BCUT2D eigenvalue weighted by molar-refractivity contribution is -0.0387. The Kier molecular flexibility index (Phi) is 20.3. The van der Waals surface area contributed by atoms with Gasteiger partial charge in [-0.05, 0) is 95.6 Å². The lowest BCUT2D eigenvalue weighted by Crippen LogP contribution is -2.38. The van der Waals surface area contributed by atoms with Gasteiger partial charge in [0, 0.05) is 26.2 Å². The van der Waals surface area contributed by atoms with Gasteiger partial charge in [0.1, 0.15) is 12.4 Å². The maximum Gasteiger partial charge on any atom is 0.119 e. The van der Waals surface area contributed by atoms with E-state index >= 15 is 0 Å². The fourth-order valence-electron chi connectivity index (χ4n) is 5.67. The van der Waals surface area contributed by atoms with Crippen LogP contribution in [0.4, 0.5) is 0 Å². The van der Waals surface area contributed by atoms with Crippen LogP contribution >= 0.6 is 0 Å². The normalized spacial score (nSPS) is 18.9. The van der Waals surface area contributed by atoms with E-state index in [1.54, 1.807) is 0 Å². The minimum Gasteiger partial charge on any atom is -0.492 e. The van der Waals surface area contributed by atoms with Crippen LogP contribution in [0, 0.1) is 16.7 Å². The lowest BCUT2D eigenvalue weighted by atomic mass is 9.66. The number of ether oxygens (including phenoxy) is 2. The van der Waals surface area contributed by atoms with Gasteiger partial charge in [0.15, 0.2) is 0 Å². The van der Waals surface area contributed by atoms with Gasteiger partial charge in [0.2, 0.25) is 0 Å². The number of hydrogen-bond acceptors (Lipinski definition) is 4. The van der Waals surface area contributed by atoms with Crippen LogP contribution in [-0.4, -0.2) is 45.5 Å². The van der Waals surface area contributed by atoms with E-state index in [0.29, 0.717) is 18.1 Å². The Hall–Kier alpha value is -2.14. The van der Waals surface area contributed by atoms with Crippen LogP contribution in [0.2, 0.25) is 0 Å². The van der Waals surface area contributed by atoms with Gasteiger partial charge in [0.25, 0.3) is 0 Å². The number of nitrogens with one attached hydrogen (secondary N) is 2. The summed E-state index contributed by atoms with van der Waals surface area (Å²) >= 11 is 0. The Morgan fingerprint density at radius 1 is 0.773 bits per heavy atom. The summed E-state index contributed by atoms with van der Waals surface area (Å²) in [6, 6.07) is 9.93. The Bertz CT molecular complexity index is 995. The molecule has 250 valence electrons. The van der Waals surface area contributed by atoms with Crippen LogP contribution in [0.15, 0.2) is 77.4 Å².